The highest BCUT2D eigenvalue weighted by Crippen LogP contribution is 2.28. The smallest absolute Gasteiger partial charge is 0.129 e. The molecule has 0 aliphatic carbocycles. The summed E-state index contributed by atoms with van der Waals surface area (Å²) in [6, 6.07) is 21.4. The lowest BCUT2D eigenvalue weighted by Crippen LogP contribution is -2.24. The van der Waals surface area contributed by atoms with Crippen molar-refractivity contribution in [2.45, 2.75) is 12.5 Å². The van der Waals surface area contributed by atoms with Crippen molar-refractivity contribution in [1.82, 2.24) is 4.98 Å². The number of aliphatic hydroxyl groups is 1. The SMILES string of the molecule is CC(O)(c1ccccc1)c1ccc2ccccc2n1. The minimum absolute atomic E-state index is 0.664. The number of para-hydroxylation sites is 1. The largest absolute Gasteiger partial charge is 0.379 e. The Balaban J connectivity index is 2.13. The molecule has 1 unspecified atom stereocenters. The normalized spacial score (nSPS) is 14.2. The van der Waals surface area contributed by atoms with Crippen molar-refractivity contribution >= 4 is 10.9 Å². The van der Waals surface area contributed by atoms with Gasteiger partial charge >= 0.3 is 0 Å². The second-order valence-electron chi connectivity index (χ2n) is 4.83. The first-order chi connectivity index (χ1) is 9.18. The van der Waals surface area contributed by atoms with Gasteiger partial charge in [0.05, 0.1) is 11.2 Å². The first-order valence-corrected chi connectivity index (χ1v) is 6.32. The summed E-state index contributed by atoms with van der Waals surface area (Å²) < 4.78 is 0. The molecule has 0 saturated carbocycles. The van der Waals surface area contributed by atoms with E-state index in [0.29, 0.717) is 5.69 Å². The summed E-state index contributed by atoms with van der Waals surface area (Å²) in [6.07, 6.45) is 0. The quantitative estimate of drug-likeness (QED) is 0.754. The average molecular weight is 249 g/mol. The molecule has 0 radical (unpaired) electrons. The van der Waals surface area contributed by atoms with Gasteiger partial charge in [-0.05, 0) is 24.6 Å². The third-order valence-corrected chi connectivity index (χ3v) is 3.43. The lowest BCUT2D eigenvalue weighted by Gasteiger charge is -2.23. The minimum Gasteiger partial charge on any atom is -0.379 e. The Kier molecular flexibility index (Phi) is 2.80. The number of benzene rings is 2. The zero-order valence-electron chi connectivity index (χ0n) is 10.7. The summed E-state index contributed by atoms with van der Waals surface area (Å²) in [6.45, 7) is 1.78. The maximum Gasteiger partial charge on any atom is 0.129 e. The molecule has 1 N–H and O–H groups in total. The molecule has 0 spiro atoms. The van der Waals surface area contributed by atoms with Crippen LogP contribution in [0, 0.1) is 0 Å². The first kappa shape index (κ1) is 11.9. The van der Waals surface area contributed by atoms with E-state index >= 15 is 0 Å². The van der Waals surface area contributed by atoms with Crippen LogP contribution in [0.5, 0.6) is 0 Å². The molecule has 0 saturated heterocycles. The van der Waals surface area contributed by atoms with E-state index in [1.165, 1.54) is 0 Å². The first-order valence-electron chi connectivity index (χ1n) is 6.32. The van der Waals surface area contributed by atoms with Crippen molar-refractivity contribution in [1.29, 1.82) is 0 Å². The zero-order valence-corrected chi connectivity index (χ0v) is 10.7. The van der Waals surface area contributed by atoms with E-state index < -0.39 is 5.60 Å². The average Bonchev–Trinajstić information content (AvgIpc) is 2.47. The second-order valence-corrected chi connectivity index (χ2v) is 4.83. The van der Waals surface area contributed by atoms with Gasteiger partial charge in [-0.15, -0.1) is 0 Å². The fourth-order valence-corrected chi connectivity index (χ4v) is 2.25. The van der Waals surface area contributed by atoms with E-state index in [-0.39, 0.29) is 0 Å². The Morgan fingerprint density at radius 2 is 1.53 bits per heavy atom. The van der Waals surface area contributed by atoms with E-state index in [1.807, 2.05) is 66.7 Å². The minimum atomic E-state index is -1.08. The third-order valence-electron chi connectivity index (χ3n) is 3.43. The maximum atomic E-state index is 10.8. The van der Waals surface area contributed by atoms with Crippen molar-refractivity contribution < 1.29 is 5.11 Å². The van der Waals surface area contributed by atoms with Crippen molar-refractivity contribution in [3.05, 3.63) is 78.0 Å². The Hall–Kier alpha value is -2.19. The lowest BCUT2D eigenvalue weighted by molar-refractivity contribution is 0.0978. The van der Waals surface area contributed by atoms with Crippen LogP contribution in [0.3, 0.4) is 0 Å². The van der Waals surface area contributed by atoms with E-state index in [9.17, 15) is 5.11 Å². The molecule has 1 atom stereocenters. The van der Waals surface area contributed by atoms with Crippen molar-refractivity contribution in [2.24, 2.45) is 0 Å². The monoisotopic (exact) mass is 249 g/mol. The van der Waals surface area contributed by atoms with Crippen molar-refractivity contribution in [2.75, 3.05) is 0 Å². The number of aromatic nitrogens is 1. The topological polar surface area (TPSA) is 33.1 Å². The highest BCUT2D eigenvalue weighted by atomic mass is 16.3. The predicted octanol–water partition coefficient (Wildman–Crippen LogP) is 3.49. The molecule has 0 fully saturated rings. The molecule has 1 aromatic heterocycles. The summed E-state index contributed by atoms with van der Waals surface area (Å²) in [7, 11) is 0. The molecule has 0 bridgehead atoms. The van der Waals surface area contributed by atoms with Gasteiger partial charge in [-0.1, -0.05) is 54.6 Å². The van der Waals surface area contributed by atoms with Crippen LogP contribution in [0.15, 0.2) is 66.7 Å². The number of hydrogen-bond donors (Lipinski definition) is 1. The summed E-state index contributed by atoms with van der Waals surface area (Å²) in [5.41, 5.74) is 1.33. The fourth-order valence-electron chi connectivity index (χ4n) is 2.25. The van der Waals surface area contributed by atoms with Gasteiger partial charge in [0.1, 0.15) is 5.60 Å². The van der Waals surface area contributed by atoms with Gasteiger partial charge in [0, 0.05) is 5.39 Å². The van der Waals surface area contributed by atoms with Gasteiger partial charge in [-0.25, -0.2) is 4.98 Å². The van der Waals surface area contributed by atoms with Gasteiger partial charge in [0.2, 0.25) is 0 Å². The summed E-state index contributed by atoms with van der Waals surface area (Å²) in [4.78, 5) is 4.57. The Morgan fingerprint density at radius 1 is 0.842 bits per heavy atom. The molecule has 2 nitrogen and oxygen atoms in total. The summed E-state index contributed by atoms with van der Waals surface area (Å²) in [5.74, 6) is 0. The van der Waals surface area contributed by atoms with Crippen LogP contribution in [0.25, 0.3) is 10.9 Å². The maximum absolute atomic E-state index is 10.8. The number of fused-ring (bicyclic) bond motifs is 1. The number of pyridine rings is 1. The standard InChI is InChI=1S/C17H15NO/c1-17(19,14-8-3-2-4-9-14)16-12-11-13-7-5-6-10-15(13)18-16/h2-12,19H,1H3. The highest BCUT2D eigenvalue weighted by molar-refractivity contribution is 5.78. The van der Waals surface area contributed by atoms with Crippen LogP contribution in [0.1, 0.15) is 18.2 Å². The molecular weight excluding hydrogens is 234 g/mol. The van der Waals surface area contributed by atoms with E-state index in [4.69, 9.17) is 0 Å². The van der Waals surface area contributed by atoms with E-state index in [1.54, 1.807) is 6.92 Å². The van der Waals surface area contributed by atoms with Crippen LogP contribution in [-0.4, -0.2) is 10.1 Å². The Morgan fingerprint density at radius 3 is 2.32 bits per heavy atom. The van der Waals surface area contributed by atoms with Crippen LogP contribution in [0.4, 0.5) is 0 Å². The van der Waals surface area contributed by atoms with Gasteiger partial charge in [-0.3, -0.25) is 0 Å². The van der Waals surface area contributed by atoms with Crippen LogP contribution in [-0.2, 0) is 5.60 Å². The van der Waals surface area contributed by atoms with Crippen LogP contribution in [0.2, 0.25) is 0 Å². The molecule has 3 aromatic rings. The molecule has 3 rings (SSSR count). The van der Waals surface area contributed by atoms with E-state index in [2.05, 4.69) is 4.98 Å². The predicted molar refractivity (Wildman–Crippen MR) is 76.9 cm³/mol. The molecule has 0 aliphatic rings. The number of nitrogens with zero attached hydrogens (tertiary/aromatic N) is 1. The lowest BCUT2D eigenvalue weighted by atomic mass is 9.92. The van der Waals surface area contributed by atoms with Gasteiger partial charge < -0.3 is 5.11 Å². The molecule has 94 valence electrons. The fraction of sp³-hybridized carbons (Fsp3) is 0.118. The number of hydrogen-bond acceptors (Lipinski definition) is 2. The van der Waals surface area contributed by atoms with Crippen molar-refractivity contribution in [3.8, 4) is 0 Å². The number of rotatable bonds is 2. The summed E-state index contributed by atoms with van der Waals surface area (Å²) in [5, 5.41) is 11.8. The van der Waals surface area contributed by atoms with Crippen LogP contribution >= 0.6 is 0 Å². The van der Waals surface area contributed by atoms with Crippen molar-refractivity contribution in [3.63, 3.8) is 0 Å². The molecule has 2 heteroatoms. The van der Waals surface area contributed by atoms with Gasteiger partial charge in [0.25, 0.3) is 0 Å². The molecule has 19 heavy (non-hydrogen) atoms. The van der Waals surface area contributed by atoms with Crippen LogP contribution < -0.4 is 0 Å². The van der Waals surface area contributed by atoms with Gasteiger partial charge in [0.15, 0.2) is 0 Å². The second kappa shape index (κ2) is 4.48. The Bertz CT molecular complexity index is 705. The van der Waals surface area contributed by atoms with Gasteiger partial charge in [-0.2, -0.15) is 0 Å². The molecule has 2 aromatic carbocycles. The third kappa shape index (κ3) is 2.11. The Labute approximate surface area is 112 Å². The summed E-state index contributed by atoms with van der Waals surface area (Å²) >= 11 is 0. The molecule has 0 amide bonds. The van der Waals surface area contributed by atoms with E-state index in [0.717, 1.165) is 16.5 Å². The molecule has 0 aliphatic heterocycles. The molecule has 1 heterocycles. The zero-order chi connectivity index (χ0) is 13.3. The molecular formula is C17H15NO. The highest BCUT2D eigenvalue weighted by Gasteiger charge is 2.26.